The summed E-state index contributed by atoms with van der Waals surface area (Å²) in [6, 6.07) is 9.86. The summed E-state index contributed by atoms with van der Waals surface area (Å²) >= 11 is 0. The second-order valence-corrected chi connectivity index (χ2v) is 9.59. The Hall–Kier alpha value is -2.47. The summed E-state index contributed by atoms with van der Waals surface area (Å²) in [5.74, 6) is 0.570. The van der Waals surface area contributed by atoms with Crippen molar-refractivity contribution in [3.05, 3.63) is 47.5 Å². The fourth-order valence-electron chi connectivity index (χ4n) is 6.41. The molecule has 4 amide bonds. The zero-order chi connectivity index (χ0) is 21.4. The largest absolute Gasteiger partial charge is 0.331 e. The van der Waals surface area contributed by atoms with E-state index in [2.05, 4.69) is 10.2 Å². The van der Waals surface area contributed by atoms with E-state index in [1.807, 2.05) is 36.4 Å². The molecule has 0 spiro atoms. The molecule has 1 aromatic carbocycles. The number of nitrogens with zero attached hydrogens (tertiary/aromatic N) is 2. The molecule has 1 aromatic rings. The lowest BCUT2D eigenvalue weighted by atomic mass is 9.65. The first kappa shape index (κ1) is 20.4. The molecule has 0 unspecified atom stereocenters. The first-order valence-electron chi connectivity index (χ1n) is 11.8. The molecule has 4 aliphatic rings. The quantitative estimate of drug-likeness (QED) is 0.599. The standard InChI is InChI=1S/C25H31N3O3/c29-23-21(24(30)28(25(31)26-23)13-10-17-6-2-1-3-7-17)16-18-14-19-8-4-11-27-12-5-9-20(15-18)22(19)27/h1-3,6-7,16,18-20,22H,4-5,8-15H2,(H,26,29,31)/b21-16+/t18?,19-,20-,22?/m0/s1. The van der Waals surface area contributed by atoms with Crippen LogP contribution in [0, 0.1) is 17.8 Å². The molecule has 6 nitrogen and oxygen atoms in total. The van der Waals surface area contributed by atoms with Gasteiger partial charge in [0.2, 0.25) is 0 Å². The van der Waals surface area contributed by atoms with Gasteiger partial charge in [0.15, 0.2) is 0 Å². The zero-order valence-corrected chi connectivity index (χ0v) is 18.0. The third-order valence-electron chi connectivity index (χ3n) is 7.69. The topological polar surface area (TPSA) is 69.7 Å². The second-order valence-electron chi connectivity index (χ2n) is 9.59. The van der Waals surface area contributed by atoms with Gasteiger partial charge in [0, 0.05) is 12.6 Å². The van der Waals surface area contributed by atoms with Gasteiger partial charge in [-0.05, 0) is 81.4 Å². The van der Waals surface area contributed by atoms with Crippen molar-refractivity contribution in [1.82, 2.24) is 15.1 Å². The summed E-state index contributed by atoms with van der Waals surface area (Å²) in [6.07, 6.45) is 9.55. The van der Waals surface area contributed by atoms with Crippen LogP contribution < -0.4 is 5.32 Å². The number of nitrogens with one attached hydrogen (secondary N) is 1. The van der Waals surface area contributed by atoms with Crippen molar-refractivity contribution in [2.45, 2.75) is 51.0 Å². The number of imide groups is 2. The molecule has 1 aliphatic carbocycles. The van der Waals surface area contributed by atoms with Crippen molar-refractivity contribution in [1.29, 1.82) is 0 Å². The molecule has 1 N–H and O–H groups in total. The fourth-order valence-corrected chi connectivity index (χ4v) is 6.41. The molecule has 5 rings (SSSR count). The number of barbiturate groups is 1. The Morgan fingerprint density at radius 3 is 2.32 bits per heavy atom. The van der Waals surface area contributed by atoms with Crippen LogP contribution in [0.15, 0.2) is 42.0 Å². The molecular formula is C25H31N3O3. The Morgan fingerprint density at radius 1 is 0.968 bits per heavy atom. The third-order valence-corrected chi connectivity index (χ3v) is 7.69. The lowest BCUT2D eigenvalue weighted by Crippen LogP contribution is -2.56. The van der Waals surface area contributed by atoms with Gasteiger partial charge in [0.25, 0.3) is 11.8 Å². The van der Waals surface area contributed by atoms with Gasteiger partial charge in [-0.15, -0.1) is 0 Å². The summed E-state index contributed by atoms with van der Waals surface area (Å²) in [5, 5.41) is 2.39. The van der Waals surface area contributed by atoms with E-state index in [1.165, 1.54) is 43.7 Å². The molecule has 3 aliphatic heterocycles. The van der Waals surface area contributed by atoms with E-state index < -0.39 is 17.8 Å². The van der Waals surface area contributed by atoms with E-state index in [9.17, 15) is 14.4 Å². The van der Waals surface area contributed by atoms with Crippen LogP contribution in [0.5, 0.6) is 0 Å². The average Bonchev–Trinajstić information content (AvgIpc) is 2.77. The lowest BCUT2D eigenvalue weighted by molar-refractivity contribution is -0.130. The van der Waals surface area contributed by atoms with Crippen molar-refractivity contribution >= 4 is 17.8 Å². The van der Waals surface area contributed by atoms with Gasteiger partial charge in [-0.3, -0.25) is 24.7 Å². The molecule has 6 heteroatoms. The maximum atomic E-state index is 13.1. The number of piperidine rings is 2. The molecule has 31 heavy (non-hydrogen) atoms. The fraction of sp³-hybridized carbons (Fsp3) is 0.560. The number of hydrogen-bond donors (Lipinski definition) is 1. The minimum atomic E-state index is -0.609. The van der Waals surface area contributed by atoms with Crippen LogP contribution in [0.2, 0.25) is 0 Å². The maximum Gasteiger partial charge on any atom is 0.331 e. The minimum absolute atomic E-state index is 0.152. The van der Waals surface area contributed by atoms with Gasteiger partial charge in [-0.25, -0.2) is 4.79 Å². The number of amides is 4. The molecular weight excluding hydrogens is 390 g/mol. The van der Waals surface area contributed by atoms with E-state index >= 15 is 0 Å². The second kappa shape index (κ2) is 8.58. The van der Waals surface area contributed by atoms with Crippen molar-refractivity contribution in [3.63, 3.8) is 0 Å². The smallest absolute Gasteiger partial charge is 0.300 e. The minimum Gasteiger partial charge on any atom is -0.300 e. The number of carbonyl (C=O) groups excluding carboxylic acids is 3. The highest BCUT2D eigenvalue weighted by molar-refractivity contribution is 6.28. The number of rotatable bonds is 4. The highest BCUT2D eigenvalue weighted by atomic mass is 16.2. The molecule has 164 valence electrons. The molecule has 2 atom stereocenters. The number of hydrogen-bond acceptors (Lipinski definition) is 4. The molecule has 0 aromatic heterocycles. The van der Waals surface area contributed by atoms with Crippen LogP contribution in [0.3, 0.4) is 0 Å². The van der Waals surface area contributed by atoms with E-state index in [1.54, 1.807) is 0 Å². The molecule has 1 saturated carbocycles. The van der Waals surface area contributed by atoms with E-state index in [4.69, 9.17) is 0 Å². The molecule has 0 bridgehead atoms. The SMILES string of the molecule is O=C1NC(=O)N(CCc2ccccc2)C(=O)/C1=C/C1C[C@@H]2CCCN3CCC[C@@H](C1)C23. The van der Waals surface area contributed by atoms with Gasteiger partial charge < -0.3 is 0 Å². The van der Waals surface area contributed by atoms with Crippen LogP contribution in [0.1, 0.15) is 44.1 Å². The molecule has 4 fully saturated rings. The van der Waals surface area contributed by atoms with E-state index in [-0.39, 0.29) is 18.0 Å². The van der Waals surface area contributed by atoms with Crippen molar-refractivity contribution in [2.75, 3.05) is 19.6 Å². The maximum absolute atomic E-state index is 13.1. The molecule has 3 heterocycles. The first-order chi connectivity index (χ1) is 15.1. The summed E-state index contributed by atoms with van der Waals surface area (Å²) in [6.45, 7) is 2.72. The van der Waals surface area contributed by atoms with Crippen molar-refractivity contribution in [3.8, 4) is 0 Å². The highest BCUT2D eigenvalue weighted by Gasteiger charge is 2.44. The lowest BCUT2D eigenvalue weighted by Gasteiger charge is -2.53. The number of urea groups is 1. The Bertz CT molecular complexity index is 877. The average molecular weight is 422 g/mol. The number of carbonyl (C=O) groups is 3. The summed E-state index contributed by atoms with van der Waals surface area (Å²) in [7, 11) is 0. The highest BCUT2D eigenvalue weighted by Crippen LogP contribution is 2.46. The Balaban J connectivity index is 1.31. The van der Waals surface area contributed by atoms with Gasteiger partial charge in [-0.1, -0.05) is 36.4 Å². The summed E-state index contributed by atoms with van der Waals surface area (Å²) < 4.78 is 0. The Labute approximate surface area is 183 Å². The van der Waals surface area contributed by atoms with Gasteiger partial charge in [0.1, 0.15) is 5.57 Å². The first-order valence-corrected chi connectivity index (χ1v) is 11.8. The van der Waals surface area contributed by atoms with Crippen LogP contribution >= 0.6 is 0 Å². The monoisotopic (exact) mass is 421 g/mol. The van der Waals surface area contributed by atoms with Crippen LogP contribution in [-0.4, -0.2) is 53.3 Å². The van der Waals surface area contributed by atoms with Gasteiger partial charge >= 0.3 is 6.03 Å². The Morgan fingerprint density at radius 2 is 1.65 bits per heavy atom. The predicted molar refractivity (Wildman–Crippen MR) is 117 cm³/mol. The van der Waals surface area contributed by atoms with Crippen molar-refractivity contribution in [2.24, 2.45) is 17.8 Å². The van der Waals surface area contributed by atoms with E-state index in [0.717, 1.165) is 18.4 Å². The van der Waals surface area contributed by atoms with Gasteiger partial charge in [-0.2, -0.15) is 0 Å². The van der Waals surface area contributed by atoms with Gasteiger partial charge in [0.05, 0.1) is 0 Å². The third kappa shape index (κ3) is 4.05. The Kier molecular flexibility index (Phi) is 5.65. The van der Waals surface area contributed by atoms with E-state index in [0.29, 0.717) is 24.3 Å². The summed E-state index contributed by atoms with van der Waals surface area (Å²) in [4.78, 5) is 41.9. The summed E-state index contributed by atoms with van der Waals surface area (Å²) in [5.41, 5.74) is 1.21. The number of allylic oxidation sites excluding steroid dienone is 1. The molecule has 0 radical (unpaired) electrons. The van der Waals surface area contributed by atoms with Crippen LogP contribution in [0.4, 0.5) is 4.79 Å². The normalized spacial score (nSPS) is 32.7. The zero-order valence-electron chi connectivity index (χ0n) is 18.0. The number of benzene rings is 1. The van der Waals surface area contributed by atoms with Crippen molar-refractivity contribution < 1.29 is 14.4 Å². The predicted octanol–water partition coefficient (Wildman–Crippen LogP) is 3.13. The van der Waals surface area contributed by atoms with Crippen LogP contribution in [-0.2, 0) is 16.0 Å². The molecule has 3 saturated heterocycles. The van der Waals surface area contributed by atoms with Crippen LogP contribution in [0.25, 0.3) is 0 Å².